The Morgan fingerprint density at radius 2 is 1.89 bits per heavy atom. The number of thiol groups is 1. The van der Waals surface area contributed by atoms with Crippen molar-refractivity contribution in [1.82, 2.24) is 0 Å². The summed E-state index contributed by atoms with van der Waals surface area (Å²) in [6.07, 6.45) is 1.16. The monoisotopic (exact) mass is 271 g/mol. The van der Waals surface area contributed by atoms with Crippen molar-refractivity contribution < 1.29 is 4.79 Å². The molecule has 0 aromatic heterocycles. The van der Waals surface area contributed by atoms with Gasteiger partial charge in [0.2, 0.25) is 0 Å². The van der Waals surface area contributed by atoms with E-state index < -0.39 is 0 Å². The average Bonchev–Trinajstić information content (AvgIpc) is 2.41. The fraction of sp³-hybridized carbons (Fsp3) is 0. The summed E-state index contributed by atoms with van der Waals surface area (Å²) in [5.74, 6) is -0.241. The third kappa shape index (κ3) is 3.14. The molecule has 0 spiro atoms. The predicted octanol–water partition coefficient (Wildman–Crippen LogP) is 2.81. The standard InChI is InChI=1S/C14H13N3OS/c15-8-10-2-1-9(7-13(10)16)14(18)17-11-3-5-12(19)6-4-11/h1-8,15,19H,16H2,(H,17,18). The molecule has 2 aromatic carbocycles. The normalized spacial score (nSPS) is 9.95. The highest BCUT2D eigenvalue weighted by atomic mass is 32.1. The number of hydrogen-bond acceptors (Lipinski definition) is 4. The number of nitrogens with two attached hydrogens (primary N) is 1. The van der Waals surface area contributed by atoms with E-state index in [1.54, 1.807) is 42.5 Å². The summed E-state index contributed by atoms with van der Waals surface area (Å²) in [4.78, 5) is 12.8. The molecular formula is C14H13N3OS. The second-order valence-corrected chi connectivity index (χ2v) is 4.51. The zero-order valence-electron chi connectivity index (χ0n) is 10.1. The van der Waals surface area contributed by atoms with E-state index in [9.17, 15) is 4.79 Å². The number of hydrogen-bond donors (Lipinski definition) is 4. The van der Waals surface area contributed by atoms with Crippen LogP contribution in [0.15, 0.2) is 47.4 Å². The summed E-state index contributed by atoms with van der Waals surface area (Å²) in [7, 11) is 0. The second kappa shape index (κ2) is 5.58. The maximum Gasteiger partial charge on any atom is 0.255 e. The molecule has 19 heavy (non-hydrogen) atoms. The minimum absolute atomic E-state index is 0.241. The van der Waals surface area contributed by atoms with Crippen LogP contribution in [0.25, 0.3) is 0 Å². The topological polar surface area (TPSA) is 79.0 Å². The van der Waals surface area contributed by atoms with Crippen molar-refractivity contribution in [2.24, 2.45) is 0 Å². The van der Waals surface area contributed by atoms with Gasteiger partial charge in [0, 0.05) is 33.6 Å². The molecular weight excluding hydrogens is 258 g/mol. The molecule has 0 saturated heterocycles. The molecule has 0 atom stereocenters. The van der Waals surface area contributed by atoms with Crippen LogP contribution >= 0.6 is 12.6 Å². The molecule has 0 radical (unpaired) electrons. The number of rotatable bonds is 3. The third-order valence-electron chi connectivity index (χ3n) is 2.63. The van der Waals surface area contributed by atoms with Crippen molar-refractivity contribution >= 4 is 36.1 Å². The van der Waals surface area contributed by atoms with Gasteiger partial charge in [0.1, 0.15) is 0 Å². The number of anilines is 2. The van der Waals surface area contributed by atoms with Crippen molar-refractivity contribution in [2.45, 2.75) is 4.90 Å². The van der Waals surface area contributed by atoms with Gasteiger partial charge in [-0.05, 0) is 36.4 Å². The molecule has 0 bridgehead atoms. The first-order valence-corrected chi connectivity index (χ1v) is 6.05. The fourth-order valence-corrected chi connectivity index (χ4v) is 1.74. The van der Waals surface area contributed by atoms with Gasteiger partial charge in [-0.15, -0.1) is 12.6 Å². The van der Waals surface area contributed by atoms with Crippen LogP contribution in [0.1, 0.15) is 15.9 Å². The second-order valence-electron chi connectivity index (χ2n) is 3.99. The number of nitrogens with one attached hydrogen (secondary N) is 2. The van der Waals surface area contributed by atoms with Crippen molar-refractivity contribution in [1.29, 1.82) is 5.41 Å². The van der Waals surface area contributed by atoms with Crippen LogP contribution in [-0.2, 0) is 0 Å². The molecule has 4 nitrogen and oxygen atoms in total. The fourth-order valence-electron chi connectivity index (χ4n) is 1.60. The maximum atomic E-state index is 12.0. The maximum absolute atomic E-state index is 12.0. The smallest absolute Gasteiger partial charge is 0.255 e. The molecule has 0 aliphatic rings. The zero-order valence-corrected chi connectivity index (χ0v) is 10.9. The lowest BCUT2D eigenvalue weighted by atomic mass is 10.1. The molecule has 0 heterocycles. The molecule has 2 rings (SSSR count). The lowest BCUT2D eigenvalue weighted by molar-refractivity contribution is 0.102. The molecule has 0 aliphatic heterocycles. The van der Waals surface area contributed by atoms with E-state index in [1.165, 1.54) is 0 Å². The van der Waals surface area contributed by atoms with Crippen molar-refractivity contribution in [3.8, 4) is 0 Å². The first-order valence-electron chi connectivity index (χ1n) is 5.60. The van der Waals surface area contributed by atoms with Gasteiger partial charge in [-0.2, -0.15) is 0 Å². The summed E-state index contributed by atoms with van der Waals surface area (Å²) in [6.45, 7) is 0. The molecule has 5 heteroatoms. The van der Waals surface area contributed by atoms with Crippen LogP contribution in [0, 0.1) is 5.41 Å². The Bertz CT molecular complexity index is 623. The lowest BCUT2D eigenvalue weighted by Gasteiger charge is -2.07. The van der Waals surface area contributed by atoms with Crippen LogP contribution in [0.4, 0.5) is 11.4 Å². The quantitative estimate of drug-likeness (QED) is 0.393. The highest BCUT2D eigenvalue weighted by molar-refractivity contribution is 7.80. The van der Waals surface area contributed by atoms with Crippen molar-refractivity contribution in [3.05, 3.63) is 53.6 Å². The predicted molar refractivity (Wildman–Crippen MR) is 80.4 cm³/mol. The minimum atomic E-state index is -0.241. The van der Waals surface area contributed by atoms with Gasteiger partial charge in [0.05, 0.1) is 0 Å². The van der Waals surface area contributed by atoms with Gasteiger partial charge < -0.3 is 16.5 Å². The Labute approximate surface area is 116 Å². The number of carbonyl (C=O) groups is 1. The summed E-state index contributed by atoms with van der Waals surface area (Å²) in [5.41, 5.74) is 7.89. The number of nitrogen functional groups attached to an aromatic ring is 1. The van der Waals surface area contributed by atoms with Crippen LogP contribution < -0.4 is 11.1 Å². The van der Waals surface area contributed by atoms with Gasteiger partial charge in [-0.1, -0.05) is 6.07 Å². The lowest BCUT2D eigenvalue weighted by Crippen LogP contribution is -2.12. The van der Waals surface area contributed by atoms with Gasteiger partial charge in [0.25, 0.3) is 5.91 Å². The Morgan fingerprint density at radius 3 is 2.47 bits per heavy atom. The van der Waals surface area contributed by atoms with E-state index in [2.05, 4.69) is 17.9 Å². The van der Waals surface area contributed by atoms with E-state index in [1.807, 2.05) is 0 Å². The molecule has 4 N–H and O–H groups in total. The molecule has 0 fully saturated rings. The molecule has 0 unspecified atom stereocenters. The van der Waals surface area contributed by atoms with Crippen LogP contribution in [0.2, 0.25) is 0 Å². The van der Waals surface area contributed by atoms with E-state index in [0.29, 0.717) is 22.5 Å². The minimum Gasteiger partial charge on any atom is -0.398 e. The Balaban J connectivity index is 2.18. The summed E-state index contributed by atoms with van der Waals surface area (Å²) >= 11 is 4.18. The van der Waals surface area contributed by atoms with E-state index in [-0.39, 0.29) is 5.91 Å². The van der Waals surface area contributed by atoms with E-state index >= 15 is 0 Å². The SMILES string of the molecule is N=Cc1ccc(C(=O)Nc2ccc(S)cc2)cc1N. The van der Waals surface area contributed by atoms with Crippen LogP contribution in [0.5, 0.6) is 0 Å². The van der Waals surface area contributed by atoms with E-state index in [4.69, 9.17) is 11.1 Å². The number of amides is 1. The van der Waals surface area contributed by atoms with Gasteiger partial charge in [0.15, 0.2) is 0 Å². The average molecular weight is 271 g/mol. The number of benzene rings is 2. The third-order valence-corrected chi connectivity index (χ3v) is 2.93. The summed E-state index contributed by atoms with van der Waals surface area (Å²) in [5, 5.41) is 9.91. The largest absolute Gasteiger partial charge is 0.398 e. The van der Waals surface area contributed by atoms with Crippen LogP contribution in [0.3, 0.4) is 0 Å². The zero-order chi connectivity index (χ0) is 13.8. The summed E-state index contributed by atoms with van der Waals surface area (Å²) < 4.78 is 0. The molecule has 0 aliphatic carbocycles. The van der Waals surface area contributed by atoms with Crippen molar-refractivity contribution in [3.63, 3.8) is 0 Å². The van der Waals surface area contributed by atoms with E-state index in [0.717, 1.165) is 11.1 Å². The Morgan fingerprint density at radius 1 is 1.21 bits per heavy atom. The van der Waals surface area contributed by atoms with Gasteiger partial charge >= 0.3 is 0 Å². The first-order chi connectivity index (χ1) is 9.10. The molecule has 2 aromatic rings. The first kappa shape index (κ1) is 13.2. The highest BCUT2D eigenvalue weighted by Gasteiger charge is 2.07. The van der Waals surface area contributed by atoms with Crippen LogP contribution in [-0.4, -0.2) is 12.1 Å². The van der Waals surface area contributed by atoms with Gasteiger partial charge in [-0.3, -0.25) is 4.79 Å². The van der Waals surface area contributed by atoms with Crippen molar-refractivity contribution in [2.75, 3.05) is 11.1 Å². The highest BCUT2D eigenvalue weighted by Crippen LogP contribution is 2.16. The molecule has 96 valence electrons. The molecule has 0 saturated carbocycles. The Kier molecular flexibility index (Phi) is 3.87. The Hall–Kier alpha value is -2.27. The summed E-state index contributed by atoms with van der Waals surface area (Å²) in [6, 6.07) is 12.0. The van der Waals surface area contributed by atoms with Gasteiger partial charge in [-0.25, -0.2) is 0 Å². The number of carbonyl (C=O) groups excluding carboxylic acids is 1. The molecule has 1 amide bonds.